The fourth-order valence-corrected chi connectivity index (χ4v) is 0.209. The number of rotatable bonds is 2. The van der Waals surface area contributed by atoms with Crippen molar-refractivity contribution in [2.24, 2.45) is 4.99 Å². The molecule has 0 bridgehead atoms. The predicted octanol–water partition coefficient (Wildman–Crippen LogP) is 1.48. The van der Waals surface area contributed by atoms with Crippen LogP contribution in [0.15, 0.2) is 17.1 Å². The van der Waals surface area contributed by atoms with Gasteiger partial charge >= 0.3 is 0 Å². The Hall–Kier alpha value is -0.460. The highest BCUT2D eigenvalue weighted by Crippen LogP contribution is 1.82. The van der Waals surface area contributed by atoms with Crippen LogP contribution in [0.2, 0.25) is 0 Å². The van der Waals surface area contributed by atoms with Crippen molar-refractivity contribution in [1.29, 1.82) is 0 Å². The van der Waals surface area contributed by atoms with Gasteiger partial charge in [-0.25, -0.2) is 4.99 Å². The van der Waals surface area contributed by atoms with Crippen molar-refractivity contribution in [2.45, 2.75) is 0 Å². The first kappa shape index (κ1) is 6.54. The van der Waals surface area contributed by atoms with Gasteiger partial charge in [-0.1, -0.05) is 12.2 Å². The molecule has 0 atom stereocenters. The second-order valence-electron chi connectivity index (χ2n) is 1.16. The van der Waals surface area contributed by atoms with Crippen LogP contribution in [0.4, 0.5) is 0 Å². The zero-order valence-electron chi connectivity index (χ0n) is 3.98. The molecule has 7 heavy (non-hydrogen) atoms. The van der Waals surface area contributed by atoms with E-state index in [0.29, 0.717) is 6.54 Å². The molecule has 0 saturated carbocycles. The van der Waals surface area contributed by atoms with Crippen LogP contribution in [0.1, 0.15) is 0 Å². The fourth-order valence-electron chi connectivity index (χ4n) is 0.144. The summed E-state index contributed by atoms with van der Waals surface area (Å²) in [5, 5.41) is 2.21. The van der Waals surface area contributed by atoms with Crippen LogP contribution in [0, 0.1) is 6.92 Å². The van der Waals surface area contributed by atoms with Gasteiger partial charge in [0.1, 0.15) is 0 Å². The quantitative estimate of drug-likeness (QED) is 0.389. The molecule has 0 N–H and O–H groups in total. The molecule has 0 aliphatic heterocycles. The van der Waals surface area contributed by atoms with Crippen LogP contribution in [0.3, 0.4) is 0 Å². The lowest BCUT2D eigenvalue weighted by Gasteiger charge is -1.81. The molecule has 0 saturated heterocycles. The van der Waals surface area contributed by atoms with Crippen molar-refractivity contribution in [1.82, 2.24) is 0 Å². The van der Waals surface area contributed by atoms with Crippen LogP contribution < -0.4 is 0 Å². The molecule has 37 valence electrons. The second-order valence-corrected chi connectivity index (χ2v) is 1.34. The van der Waals surface area contributed by atoms with Crippen LogP contribution in [-0.4, -0.2) is 11.7 Å². The Labute approximate surface area is 48.8 Å². The summed E-state index contributed by atoms with van der Waals surface area (Å²) in [6, 6.07) is 0. The molecule has 0 spiro atoms. The Morgan fingerprint density at radius 3 is 2.57 bits per heavy atom. The summed E-state index contributed by atoms with van der Waals surface area (Å²) in [5.74, 6) is 0. The van der Waals surface area contributed by atoms with Gasteiger partial charge in [0.15, 0.2) is 0 Å². The minimum absolute atomic E-state index is 0.503. The van der Waals surface area contributed by atoms with E-state index in [2.05, 4.69) is 35.9 Å². The Bertz CT molecular complexity index is 111. The summed E-state index contributed by atoms with van der Waals surface area (Å²) in [4.78, 5) is 3.57. The highest BCUT2D eigenvalue weighted by molar-refractivity contribution is 7.78. The normalized spacial score (nSPS) is 7.00. The first-order valence-electron chi connectivity index (χ1n) is 1.80. The number of hydrogen-bond acceptors (Lipinski definition) is 2. The van der Waals surface area contributed by atoms with E-state index in [4.69, 9.17) is 0 Å². The molecule has 0 aliphatic rings. The van der Waals surface area contributed by atoms with Gasteiger partial charge in [-0.3, -0.25) is 0 Å². The van der Waals surface area contributed by atoms with E-state index in [9.17, 15) is 0 Å². The summed E-state index contributed by atoms with van der Waals surface area (Å²) < 4.78 is 0. The molecule has 1 nitrogen and oxygen atoms in total. The maximum Gasteiger partial charge on any atom is 0.0700 e. The minimum atomic E-state index is 0.503. The third kappa shape index (κ3) is 5.54. The van der Waals surface area contributed by atoms with E-state index >= 15 is 0 Å². The van der Waals surface area contributed by atoms with Gasteiger partial charge in [-0.05, 0) is 19.1 Å². The van der Waals surface area contributed by atoms with Gasteiger partial charge in [-0.15, -0.1) is 0 Å². The number of nitrogens with zero attached hydrogens (tertiary/aromatic N) is 1. The van der Waals surface area contributed by atoms with Crippen molar-refractivity contribution in [3.8, 4) is 0 Å². The molecule has 0 aliphatic carbocycles. The predicted molar refractivity (Wildman–Crippen MR) is 34.4 cm³/mol. The van der Waals surface area contributed by atoms with Gasteiger partial charge < -0.3 is 0 Å². The van der Waals surface area contributed by atoms with Crippen LogP contribution >= 0.6 is 12.2 Å². The monoisotopic (exact) mass is 112 g/mol. The lowest BCUT2D eigenvalue weighted by molar-refractivity contribution is 1.21. The van der Waals surface area contributed by atoms with E-state index < -0.39 is 0 Å². The molecule has 0 amide bonds. The maximum atomic E-state index is 4.28. The summed E-state index contributed by atoms with van der Waals surface area (Å²) >= 11 is 4.28. The maximum absolute atomic E-state index is 4.28. The largest absolute Gasteiger partial charge is 0.228 e. The van der Waals surface area contributed by atoms with Crippen molar-refractivity contribution >= 4 is 17.4 Å². The zero-order chi connectivity index (χ0) is 5.70. The van der Waals surface area contributed by atoms with E-state index in [-0.39, 0.29) is 0 Å². The molecule has 0 unspecified atom stereocenters. The fraction of sp³-hybridized carbons (Fsp3) is 0.200. The Morgan fingerprint density at radius 1 is 1.86 bits per heavy atom. The molecule has 1 radical (unpaired) electrons. The van der Waals surface area contributed by atoms with Crippen LogP contribution in [0.25, 0.3) is 0 Å². The van der Waals surface area contributed by atoms with Gasteiger partial charge in [0.25, 0.3) is 0 Å². The average Bonchev–Trinajstić information content (AvgIpc) is 1.61. The number of thiocarbonyl (C=S) groups is 1. The molecule has 0 aromatic heterocycles. The summed E-state index contributed by atoms with van der Waals surface area (Å²) in [6.07, 6.45) is 0. The molecular weight excluding hydrogens is 106 g/mol. The molecule has 0 heterocycles. The Kier molecular flexibility index (Phi) is 3.48. The third-order valence-corrected chi connectivity index (χ3v) is 0.496. The third-order valence-electron chi connectivity index (χ3n) is 0.367. The molecule has 0 fully saturated rings. The highest BCUT2D eigenvalue weighted by Gasteiger charge is 1.74. The van der Waals surface area contributed by atoms with Gasteiger partial charge in [0.2, 0.25) is 0 Å². The second kappa shape index (κ2) is 3.72. The molecule has 2 heteroatoms. The van der Waals surface area contributed by atoms with Crippen LogP contribution in [-0.2, 0) is 0 Å². The first-order valence-corrected chi connectivity index (χ1v) is 2.21. The number of isothiocyanates is 1. The SMILES string of the molecule is [CH2]C(=C)CN=C=S. The standard InChI is InChI=1S/C5H6NS/c1-5(2)3-6-4-7/h1-3H2. The molecule has 0 aromatic rings. The van der Waals surface area contributed by atoms with Gasteiger partial charge in [-0.2, -0.15) is 0 Å². The topological polar surface area (TPSA) is 12.4 Å². The minimum Gasteiger partial charge on any atom is -0.228 e. The van der Waals surface area contributed by atoms with Crippen molar-refractivity contribution < 1.29 is 0 Å². The van der Waals surface area contributed by atoms with Crippen molar-refractivity contribution in [3.63, 3.8) is 0 Å². The Balaban J connectivity index is 3.32. The first-order chi connectivity index (χ1) is 3.27. The number of aliphatic imine (C=N–C) groups is 1. The molecule has 0 aromatic carbocycles. The molecule has 0 rings (SSSR count). The smallest absolute Gasteiger partial charge is 0.0700 e. The lowest BCUT2D eigenvalue weighted by atomic mass is 10.4. The van der Waals surface area contributed by atoms with Gasteiger partial charge in [0.05, 0.1) is 11.7 Å². The van der Waals surface area contributed by atoms with E-state index in [1.807, 2.05) is 0 Å². The van der Waals surface area contributed by atoms with Gasteiger partial charge in [0, 0.05) is 0 Å². The average molecular weight is 112 g/mol. The summed E-state index contributed by atoms with van der Waals surface area (Å²) in [6.45, 7) is 7.51. The molecular formula is C5H6NS. The highest BCUT2D eigenvalue weighted by atomic mass is 32.1. The lowest BCUT2D eigenvalue weighted by Crippen LogP contribution is -1.75. The summed E-state index contributed by atoms with van der Waals surface area (Å²) in [5.41, 5.74) is 0.761. The Morgan fingerprint density at radius 2 is 2.43 bits per heavy atom. The van der Waals surface area contributed by atoms with E-state index in [0.717, 1.165) is 5.57 Å². The zero-order valence-corrected chi connectivity index (χ0v) is 4.79. The van der Waals surface area contributed by atoms with Crippen molar-refractivity contribution in [2.75, 3.05) is 6.54 Å². The van der Waals surface area contributed by atoms with Crippen molar-refractivity contribution in [3.05, 3.63) is 19.1 Å². The van der Waals surface area contributed by atoms with Crippen LogP contribution in [0.5, 0.6) is 0 Å². The van der Waals surface area contributed by atoms with E-state index in [1.54, 1.807) is 0 Å². The van der Waals surface area contributed by atoms with E-state index in [1.165, 1.54) is 0 Å². The number of hydrogen-bond donors (Lipinski definition) is 0. The summed E-state index contributed by atoms with van der Waals surface area (Å²) in [7, 11) is 0.